The zero-order chi connectivity index (χ0) is 19.4. The lowest BCUT2D eigenvalue weighted by atomic mass is 10.1. The van der Waals surface area contributed by atoms with Crippen molar-refractivity contribution in [2.24, 2.45) is 4.99 Å². The summed E-state index contributed by atoms with van der Waals surface area (Å²) in [6.07, 6.45) is 6.63. The number of nitrogens with one attached hydrogen (secondary N) is 2. The van der Waals surface area contributed by atoms with Crippen molar-refractivity contribution in [1.82, 2.24) is 15.5 Å². The SMILES string of the molecule is CN=C(NCCCOC1CCCC1)NCc1ccccc1CN1CCOCC1. The number of rotatable bonds is 9. The van der Waals surface area contributed by atoms with Crippen molar-refractivity contribution in [1.29, 1.82) is 0 Å². The Morgan fingerprint density at radius 3 is 2.64 bits per heavy atom. The van der Waals surface area contributed by atoms with Gasteiger partial charge in [0.1, 0.15) is 0 Å². The molecule has 0 spiro atoms. The van der Waals surface area contributed by atoms with Crippen LogP contribution in [0.25, 0.3) is 0 Å². The van der Waals surface area contributed by atoms with Crippen LogP contribution in [0.1, 0.15) is 43.2 Å². The summed E-state index contributed by atoms with van der Waals surface area (Å²) in [5, 5.41) is 6.85. The fourth-order valence-electron chi connectivity index (χ4n) is 3.87. The second-order valence-electron chi connectivity index (χ2n) is 7.64. The topological polar surface area (TPSA) is 58.1 Å². The molecule has 6 nitrogen and oxygen atoms in total. The Bertz CT molecular complexity index is 596. The number of hydrogen-bond acceptors (Lipinski definition) is 4. The minimum Gasteiger partial charge on any atom is -0.379 e. The predicted octanol–water partition coefficient (Wildman–Crippen LogP) is 2.53. The standard InChI is InChI=1S/C22H36N4O2/c1-23-22(24-11-6-14-28-21-9-4-5-10-21)25-17-19-7-2-3-8-20(19)18-26-12-15-27-16-13-26/h2-3,7-8,21H,4-6,9-18H2,1H3,(H2,23,24,25). The van der Waals surface area contributed by atoms with E-state index in [0.717, 1.165) is 64.9 Å². The highest BCUT2D eigenvalue weighted by molar-refractivity contribution is 5.79. The zero-order valence-electron chi connectivity index (χ0n) is 17.3. The van der Waals surface area contributed by atoms with Gasteiger partial charge in [-0.1, -0.05) is 37.1 Å². The highest BCUT2D eigenvalue weighted by Gasteiger charge is 2.15. The van der Waals surface area contributed by atoms with Gasteiger partial charge in [-0.3, -0.25) is 9.89 Å². The summed E-state index contributed by atoms with van der Waals surface area (Å²) in [6.45, 7) is 7.15. The van der Waals surface area contributed by atoms with Gasteiger partial charge in [0.25, 0.3) is 0 Å². The lowest BCUT2D eigenvalue weighted by Crippen LogP contribution is -2.38. The fraction of sp³-hybridized carbons (Fsp3) is 0.682. The molecule has 1 aliphatic heterocycles. The van der Waals surface area contributed by atoms with Crippen LogP contribution in [0.3, 0.4) is 0 Å². The molecule has 1 saturated carbocycles. The summed E-state index contributed by atoms with van der Waals surface area (Å²) >= 11 is 0. The molecule has 0 atom stereocenters. The molecule has 0 aromatic heterocycles. The van der Waals surface area contributed by atoms with E-state index in [-0.39, 0.29) is 0 Å². The minimum atomic E-state index is 0.500. The average molecular weight is 389 g/mol. The Morgan fingerprint density at radius 1 is 1.14 bits per heavy atom. The van der Waals surface area contributed by atoms with Gasteiger partial charge in [-0.05, 0) is 30.4 Å². The van der Waals surface area contributed by atoms with Crippen molar-refractivity contribution < 1.29 is 9.47 Å². The van der Waals surface area contributed by atoms with Gasteiger partial charge >= 0.3 is 0 Å². The first-order valence-electron chi connectivity index (χ1n) is 10.8. The van der Waals surface area contributed by atoms with Crippen LogP contribution in [0.2, 0.25) is 0 Å². The van der Waals surface area contributed by atoms with Gasteiger partial charge in [-0.2, -0.15) is 0 Å². The number of morpholine rings is 1. The van der Waals surface area contributed by atoms with E-state index >= 15 is 0 Å². The molecule has 1 aromatic rings. The van der Waals surface area contributed by atoms with Crippen molar-refractivity contribution >= 4 is 5.96 Å². The summed E-state index contributed by atoms with van der Waals surface area (Å²) in [6, 6.07) is 8.65. The molecule has 1 aromatic carbocycles. The van der Waals surface area contributed by atoms with Gasteiger partial charge in [0.05, 0.1) is 19.3 Å². The van der Waals surface area contributed by atoms with E-state index < -0.39 is 0 Å². The fourth-order valence-corrected chi connectivity index (χ4v) is 3.87. The molecular weight excluding hydrogens is 352 g/mol. The Labute approximate surface area is 169 Å². The van der Waals surface area contributed by atoms with Crippen LogP contribution in [-0.2, 0) is 22.6 Å². The number of ether oxygens (including phenoxy) is 2. The quantitative estimate of drug-likeness (QED) is 0.387. The Hall–Kier alpha value is -1.63. The van der Waals surface area contributed by atoms with E-state index in [0.29, 0.717) is 6.10 Å². The lowest BCUT2D eigenvalue weighted by molar-refractivity contribution is 0.0341. The van der Waals surface area contributed by atoms with Crippen molar-refractivity contribution in [2.45, 2.75) is 51.3 Å². The van der Waals surface area contributed by atoms with Crippen LogP contribution in [0.5, 0.6) is 0 Å². The molecule has 28 heavy (non-hydrogen) atoms. The molecule has 2 aliphatic rings. The Balaban J connectivity index is 1.38. The smallest absolute Gasteiger partial charge is 0.191 e. The van der Waals surface area contributed by atoms with Crippen LogP contribution >= 0.6 is 0 Å². The number of aliphatic imine (C=N–C) groups is 1. The van der Waals surface area contributed by atoms with Gasteiger partial charge < -0.3 is 20.1 Å². The van der Waals surface area contributed by atoms with Crippen LogP contribution in [0.4, 0.5) is 0 Å². The number of benzene rings is 1. The maximum Gasteiger partial charge on any atom is 0.191 e. The maximum atomic E-state index is 5.92. The second kappa shape index (κ2) is 12.0. The predicted molar refractivity (Wildman–Crippen MR) is 114 cm³/mol. The number of hydrogen-bond donors (Lipinski definition) is 2. The van der Waals surface area contributed by atoms with Gasteiger partial charge in [-0.15, -0.1) is 0 Å². The van der Waals surface area contributed by atoms with E-state index in [2.05, 4.69) is 44.8 Å². The van der Waals surface area contributed by atoms with Gasteiger partial charge in [0.15, 0.2) is 5.96 Å². The van der Waals surface area contributed by atoms with Crippen LogP contribution in [-0.4, -0.2) is 63.5 Å². The molecule has 0 bridgehead atoms. The van der Waals surface area contributed by atoms with E-state index in [4.69, 9.17) is 9.47 Å². The molecular formula is C22H36N4O2. The third-order valence-corrected chi connectivity index (χ3v) is 5.56. The Kier molecular flexibility index (Phi) is 9.07. The van der Waals surface area contributed by atoms with Crippen molar-refractivity contribution in [3.63, 3.8) is 0 Å². The van der Waals surface area contributed by atoms with Crippen molar-refractivity contribution in [3.8, 4) is 0 Å². The molecule has 2 fully saturated rings. The number of guanidine groups is 1. The first-order chi connectivity index (χ1) is 13.8. The molecule has 0 radical (unpaired) electrons. The first-order valence-corrected chi connectivity index (χ1v) is 10.8. The molecule has 0 amide bonds. The summed E-state index contributed by atoms with van der Waals surface area (Å²) in [5.74, 6) is 0.849. The second-order valence-corrected chi connectivity index (χ2v) is 7.64. The normalized spacial score (nSPS) is 19.1. The van der Waals surface area contributed by atoms with Crippen LogP contribution in [0.15, 0.2) is 29.3 Å². The molecule has 1 saturated heterocycles. The minimum absolute atomic E-state index is 0.500. The number of nitrogens with zero attached hydrogens (tertiary/aromatic N) is 2. The molecule has 0 unspecified atom stereocenters. The summed E-state index contributed by atoms with van der Waals surface area (Å²) in [4.78, 5) is 6.81. The molecule has 2 N–H and O–H groups in total. The lowest BCUT2D eigenvalue weighted by Gasteiger charge is -2.27. The van der Waals surface area contributed by atoms with E-state index in [1.54, 1.807) is 0 Å². The molecule has 3 rings (SSSR count). The van der Waals surface area contributed by atoms with Crippen molar-refractivity contribution in [3.05, 3.63) is 35.4 Å². The summed E-state index contributed by atoms with van der Waals surface area (Å²) in [5.41, 5.74) is 2.69. The first kappa shape index (κ1) is 21.1. The molecule has 1 heterocycles. The Morgan fingerprint density at radius 2 is 1.89 bits per heavy atom. The van der Waals surface area contributed by atoms with E-state index in [1.807, 2.05) is 7.05 Å². The van der Waals surface area contributed by atoms with Gasteiger partial charge in [-0.25, -0.2) is 0 Å². The highest BCUT2D eigenvalue weighted by Crippen LogP contribution is 2.20. The molecule has 156 valence electrons. The third-order valence-electron chi connectivity index (χ3n) is 5.56. The van der Waals surface area contributed by atoms with E-state index in [9.17, 15) is 0 Å². The summed E-state index contributed by atoms with van der Waals surface area (Å²) < 4.78 is 11.4. The van der Waals surface area contributed by atoms with Crippen LogP contribution in [0, 0.1) is 0 Å². The monoisotopic (exact) mass is 388 g/mol. The summed E-state index contributed by atoms with van der Waals surface area (Å²) in [7, 11) is 1.82. The van der Waals surface area contributed by atoms with E-state index in [1.165, 1.54) is 36.8 Å². The maximum absolute atomic E-state index is 5.92. The van der Waals surface area contributed by atoms with Gasteiger partial charge in [0.2, 0.25) is 0 Å². The average Bonchev–Trinajstić information content (AvgIpc) is 3.25. The zero-order valence-corrected chi connectivity index (χ0v) is 17.3. The van der Waals surface area contributed by atoms with Gasteiger partial charge in [0, 0.05) is 46.4 Å². The van der Waals surface area contributed by atoms with Crippen molar-refractivity contribution in [2.75, 3.05) is 46.5 Å². The molecule has 6 heteroatoms. The van der Waals surface area contributed by atoms with Crippen LogP contribution < -0.4 is 10.6 Å². The highest BCUT2D eigenvalue weighted by atomic mass is 16.5. The largest absolute Gasteiger partial charge is 0.379 e. The third kappa shape index (κ3) is 7.08. The molecule has 1 aliphatic carbocycles.